The first-order valence-electron chi connectivity index (χ1n) is 7.17. The van der Waals surface area contributed by atoms with Crippen molar-refractivity contribution in [1.82, 2.24) is 0 Å². The highest BCUT2D eigenvalue weighted by atomic mass is 35.5. The van der Waals surface area contributed by atoms with E-state index in [1.165, 1.54) is 0 Å². The Kier molecular flexibility index (Phi) is 4.28. The van der Waals surface area contributed by atoms with Crippen LogP contribution in [-0.4, -0.2) is 0 Å². The summed E-state index contributed by atoms with van der Waals surface area (Å²) in [5.41, 5.74) is 2.91. The van der Waals surface area contributed by atoms with Gasteiger partial charge in [0, 0.05) is 5.56 Å². The zero-order valence-electron chi connectivity index (χ0n) is 12.0. The molecule has 106 valence electrons. The molecule has 0 saturated heterocycles. The van der Waals surface area contributed by atoms with Gasteiger partial charge in [0.15, 0.2) is 4.87 Å². The minimum Gasteiger partial charge on any atom is -0.0944 e. The van der Waals surface area contributed by atoms with Crippen LogP contribution in [0.25, 0.3) is 0 Å². The Morgan fingerprint density at radius 3 is 1.45 bits per heavy atom. The molecule has 0 heterocycles. The Balaban J connectivity index is 2.11. The van der Waals surface area contributed by atoms with E-state index in [4.69, 9.17) is 11.6 Å². The van der Waals surface area contributed by atoms with Gasteiger partial charge in [0.25, 0.3) is 0 Å². The molecule has 0 atom stereocenters. The van der Waals surface area contributed by atoms with Crippen LogP contribution < -0.4 is 0 Å². The lowest BCUT2D eigenvalue weighted by molar-refractivity contribution is 0.959. The fraction of sp³-hybridized carbons (Fsp3) is 0.0476. The summed E-state index contributed by atoms with van der Waals surface area (Å²) < 4.78 is 0. The van der Waals surface area contributed by atoms with Crippen LogP contribution in [0.5, 0.6) is 0 Å². The highest BCUT2D eigenvalue weighted by molar-refractivity contribution is 6.28. The van der Waals surface area contributed by atoms with Gasteiger partial charge in [0.05, 0.1) is 0 Å². The predicted octanol–water partition coefficient (Wildman–Crippen LogP) is 5.22. The molecule has 0 nitrogen and oxygen atoms in total. The van der Waals surface area contributed by atoms with Gasteiger partial charge in [0.1, 0.15) is 0 Å². The summed E-state index contributed by atoms with van der Waals surface area (Å²) >= 11 is 6.97. The second-order valence-electron chi connectivity index (χ2n) is 5.01. The van der Waals surface area contributed by atoms with E-state index in [1.807, 2.05) is 91.0 Å². The van der Waals surface area contributed by atoms with Gasteiger partial charge < -0.3 is 0 Å². The summed E-state index contributed by atoms with van der Waals surface area (Å²) in [5.74, 6) is 6.46. The average molecular weight is 303 g/mol. The molecule has 0 aliphatic carbocycles. The van der Waals surface area contributed by atoms with Gasteiger partial charge >= 0.3 is 0 Å². The van der Waals surface area contributed by atoms with Crippen LogP contribution in [0.1, 0.15) is 16.7 Å². The van der Waals surface area contributed by atoms with Crippen LogP contribution in [-0.2, 0) is 4.87 Å². The zero-order valence-corrected chi connectivity index (χ0v) is 12.8. The van der Waals surface area contributed by atoms with Gasteiger partial charge in [-0.2, -0.15) is 0 Å². The number of alkyl halides is 1. The van der Waals surface area contributed by atoms with Crippen molar-refractivity contribution < 1.29 is 0 Å². The van der Waals surface area contributed by atoms with E-state index in [2.05, 4.69) is 11.8 Å². The topological polar surface area (TPSA) is 0 Å². The Hall–Kier alpha value is -2.49. The van der Waals surface area contributed by atoms with Gasteiger partial charge in [-0.1, -0.05) is 102 Å². The van der Waals surface area contributed by atoms with Crippen LogP contribution in [0, 0.1) is 11.8 Å². The van der Waals surface area contributed by atoms with Crippen molar-refractivity contribution in [2.75, 3.05) is 0 Å². The average Bonchev–Trinajstić information content (AvgIpc) is 2.62. The maximum absolute atomic E-state index is 6.97. The van der Waals surface area contributed by atoms with Crippen LogP contribution >= 0.6 is 11.6 Å². The molecule has 0 aromatic heterocycles. The summed E-state index contributed by atoms with van der Waals surface area (Å²) in [6.45, 7) is 0. The molecule has 3 aromatic rings. The third kappa shape index (κ3) is 3.06. The number of benzene rings is 3. The Morgan fingerprint density at radius 2 is 1.00 bits per heavy atom. The number of halogens is 1. The predicted molar refractivity (Wildman–Crippen MR) is 92.8 cm³/mol. The molecule has 0 radical (unpaired) electrons. The maximum atomic E-state index is 6.97. The Labute approximate surface area is 136 Å². The van der Waals surface area contributed by atoms with Crippen molar-refractivity contribution in [2.24, 2.45) is 0 Å². The first kappa shape index (κ1) is 14.4. The second kappa shape index (κ2) is 6.52. The summed E-state index contributed by atoms with van der Waals surface area (Å²) in [4.78, 5) is -0.849. The highest BCUT2D eigenvalue weighted by Crippen LogP contribution is 2.36. The Bertz CT molecular complexity index is 741. The lowest BCUT2D eigenvalue weighted by atomic mass is 9.90. The molecule has 0 aliphatic heterocycles. The normalized spacial score (nSPS) is 10.6. The molecule has 0 bridgehead atoms. The number of hydrogen-bond acceptors (Lipinski definition) is 0. The van der Waals surface area contributed by atoms with Crippen molar-refractivity contribution in [3.63, 3.8) is 0 Å². The maximum Gasteiger partial charge on any atom is 0.155 e. The first-order valence-corrected chi connectivity index (χ1v) is 7.55. The van der Waals surface area contributed by atoms with E-state index in [1.54, 1.807) is 0 Å². The largest absolute Gasteiger partial charge is 0.155 e. The zero-order chi connectivity index (χ0) is 15.3. The fourth-order valence-corrected chi connectivity index (χ4v) is 2.63. The molecule has 0 amide bonds. The van der Waals surface area contributed by atoms with Crippen LogP contribution in [0.15, 0.2) is 91.0 Å². The lowest BCUT2D eigenvalue weighted by Gasteiger charge is -2.22. The Morgan fingerprint density at radius 1 is 0.591 bits per heavy atom. The van der Waals surface area contributed by atoms with Crippen LogP contribution in [0.4, 0.5) is 0 Å². The molecule has 0 aliphatic rings. The molecule has 0 N–H and O–H groups in total. The quantitative estimate of drug-likeness (QED) is 0.450. The van der Waals surface area contributed by atoms with Gasteiger partial charge in [-0.3, -0.25) is 0 Å². The molecule has 22 heavy (non-hydrogen) atoms. The lowest BCUT2D eigenvalue weighted by Crippen LogP contribution is -2.18. The molecule has 0 fully saturated rings. The van der Waals surface area contributed by atoms with E-state index in [0.717, 1.165) is 16.7 Å². The van der Waals surface area contributed by atoms with E-state index < -0.39 is 4.87 Å². The molecular formula is C21H15Cl. The third-order valence-electron chi connectivity index (χ3n) is 3.50. The van der Waals surface area contributed by atoms with Gasteiger partial charge in [-0.05, 0) is 23.3 Å². The molecule has 0 unspecified atom stereocenters. The van der Waals surface area contributed by atoms with E-state index >= 15 is 0 Å². The minimum absolute atomic E-state index is 0.849. The third-order valence-corrected chi connectivity index (χ3v) is 4.03. The summed E-state index contributed by atoms with van der Waals surface area (Å²) in [6, 6.07) is 29.9. The molecular weight excluding hydrogens is 288 g/mol. The number of hydrogen-bond donors (Lipinski definition) is 0. The molecule has 0 spiro atoms. The fourth-order valence-electron chi connectivity index (χ4n) is 2.33. The molecule has 1 heteroatoms. The van der Waals surface area contributed by atoms with Gasteiger partial charge in [0.2, 0.25) is 0 Å². The van der Waals surface area contributed by atoms with Crippen LogP contribution in [0.2, 0.25) is 0 Å². The molecule has 3 aromatic carbocycles. The smallest absolute Gasteiger partial charge is 0.0944 e. The van der Waals surface area contributed by atoms with Crippen molar-refractivity contribution in [3.8, 4) is 11.8 Å². The molecule has 0 saturated carbocycles. The van der Waals surface area contributed by atoms with Crippen LogP contribution in [0.3, 0.4) is 0 Å². The second-order valence-corrected chi connectivity index (χ2v) is 5.57. The van der Waals surface area contributed by atoms with Gasteiger partial charge in [-0.25, -0.2) is 0 Å². The SMILES string of the molecule is ClC(C#Cc1ccccc1)(c1ccccc1)c1ccccc1. The summed E-state index contributed by atoms with van der Waals surface area (Å²) in [5, 5.41) is 0. The van der Waals surface area contributed by atoms with E-state index in [-0.39, 0.29) is 0 Å². The highest BCUT2D eigenvalue weighted by Gasteiger charge is 2.29. The van der Waals surface area contributed by atoms with E-state index in [9.17, 15) is 0 Å². The first-order chi connectivity index (χ1) is 10.8. The van der Waals surface area contributed by atoms with Crippen molar-refractivity contribution in [1.29, 1.82) is 0 Å². The van der Waals surface area contributed by atoms with Gasteiger partial charge in [-0.15, -0.1) is 0 Å². The summed E-state index contributed by atoms with van der Waals surface area (Å²) in [6.07, 6.45) is 0. The van der Waals surface area contributed by atoms with Crippen molar-refractivity contribution in [2.45, 2.75) is 4.87 Å². The van der Waals surface area contributed by atoms with Crippen molar-refractivity contribution in [3.05, 3.63) is 108 Å². The molecule has 3 rings (SSSR count). The monoisotopic (exact) mass is 302 g/mol. The van der Waals surface area contributed by atoms with E-state index in [0.29, 0.717) is 0 Å². The van der Waals surface area contributed by atoms with Crippen molar-refractivity contribution >= 4 is 11.6 Å². The standard InChI is InChI=1S/C21H15Cl/c22-21(19-12-6-2-7-13-19,20-14-8-3-9-15-20)17-16-18-10-4-1-5-11-18/h1-15H. The summed E-state index contributed by atoms with van der Waals surface area (Å²) in [7, 11) is 0. The minimum atomic E-state index is -0.849. The number of rotatable bonds is 2.